The lowest BCUT2D eigenvalue weighted by Crippen LogP contribution is -2.63. The van der Waals surface area contributed by atoms with E-state index in [9.17, 15) is 4.79 Å². The van der Waals surface area contributed by atoms with Crippen LogP contribution in [0.2, 0.25) is 5.02 Å². The topological polar surface area (TPSA) is 68.0 Å². The normalized spacial score (nSPS) is 25.8. The second-order valence-corrected chi connectivity index (χ2v) is 6.84. The molecule has 2 N–H and O–H groups in total. The Labute approximate surface area is 147 Å². The lowest BCUT2D eigenvalue weighted by Gasteiger charge is -2.43. The molecule has 1 aromatic rings. The predicted octanol–water partition coefficient (Wildman–Crippen LogP) is 1.11. The van der Waals surface area contributed by atoms with Crippen LogP contribution in [0.5, 0.6) is 5.75 Å². The summed E-state index contributed by atoms with van der Waals surface area (Å²) < 4.78 is 10.7. The monoisotopic (exact) mass is 353 g/mol. The van der Waals surface area contributed by atoms with Crippen molar-refractivity contribution in [2.75, 3.05) is 46.5 Å². The van der Waals surface area contributed by atoms with E-state index >= 15 is 0 Å². The molecule has 1 atom stereocenters. The van der Waals surface area contributed by atoms with Gasteiger partial charge in [0.1, 0.15) is 11.3 Å². The van der Waals surface area contributed by atoms with Crippen LogP contribution in [-0.4, -0.2) is 67.7 Å². The number of halogens is 1. The molecule has 1 amide bonds. The average molecular weight is 354 g/mol. The summed E-state index contributed by atoms with van der Waals surface area (Å²) in [5, 5.41) is 0.621. The number of rotatable bonds is 5. The van der Waals surface area contributed by atoms with Crippen LogP contribution < -0.4 is 10.5 Å². The van der Waals surface area contributed by atoms with Crippen LogP contribution in [0.3, 0.4) is 0 Å². The first kappa shape index (κ1) is 17.5. The molecule has 132 valence electrons. The standard InChI is InChI=1S/C17H24ClN3O3/c1-23-15-10-13(2-3-14(15)18)11-20-5-7-21(8-6-20)17(16(19)22)4-9-24-12-17/h2-3,10H,4-9,11-12H2,1H3,(H2,19,22). The highest BCUT2D eigenvalue weighted by molar-refractivity contribution is 6.32. The third kappa shape index (κ3) is 3.37. The van der Waals surface area contributed by atoms with Crippen molar-refractivity contribution < 1.29 is 14.3 Å². The molecule has 1 unspecified atom stereocenters. The number of piperazine rings is 1. The first-order valence-electron chi connectivity index (χ1n) is 8.22. The lowest BCUT2D eigenvalue weighted by molar-refractivity contribution is -0.132. The van der Waals surface area contributed by atoms with Crippen LogP contribution in [0, 0.1) is 0 Å². The van der Waals surface area contributed by atoms with E-state index in [0.29, 0.717) is 30.4 Å². The molecule has 3 rings (SSSR count). The maximum Gasteiger partial charge on any atom is 0.240 e. The Bertz CT molecular complexity index is 597. The molecule has 2 heterocycles. The van der Waals surface area contributed by atoms with Gasteiger partial charge in [0.25, 0.3) is 0 Å². The predicted molar refractivity (Wildman–Crippen MR) is 92.2 cm³/mol. The number of hydrogen-bond acceptors (Lipinski definition) is 5. The van der Waals surface area contributed by atoms with Gasteiger partial charge in [-0.1, -0.05) is 17.7 Å². The number of methoxy groups -OCH3 is 1. The van der Waals surface area contributed by atoms with Crippen molar-refractivity contribution in [2.24, 2.45) is 5.73 Å². The Hall–Kier alpha value is -1.34. The number of nitrogens with zero attached hydrogens (tertiary/aromatic N) is 2. The van der Waals surface area contributed by atoms with Crippen LogP contribution in [0.15, 0.2) is 18.2 Å². The molecule has 0 bridgehead atoms. The molecule has 2 fully saturated rings. The van der Waals surface area contributed by atoms with Crippen molar-refractivity contribution in [3.63, 3.8) is 0 Å². The zero-order valence-electron chi connectivity index (χ0n) is 14.0. The zero-order valence-corrected chi connectivity index (χ0v) is 14.7. The number of carbonyl (C=O) groups excluding carboxylic acids is 1. The number of ether oxygens (including phenoxy) is 2. The Morgan fingerprint density at radius 3 is 2.71 bits per heavy atom. The molecule has 0 radical (unpaired) electrons. The Morgan fingerprint density at radius 1 is 1.38 bits per heavy atom. The highest BCUT2D eigenvalue weighted by Gasteiger charge is 2.46. The molecule has 0 aromatic heterocycles. The van der Waals surface area contributed by atoms with Gasteiger partial charge in [0, 0.05) is 45.8 Å². The molecule has 6 nitrogen and oxygen atoms in total. The van der Waals surface area contributed by atoms with Crippen molar-refractivity contribution in [3.05, 3.63) is 28.8 Å². The molecule has 0 spiro atoms. The van der Waals surface area contributed by atoms with Crippen molar-refractivity contribution in [1.29, 1.82) is 0 Å². The van der Waals surface area contributed by atoms with E-state index in [1.165, 1.54) is 5.56 Å². The summed E-state index contributed by atoms with van der Waals surface area (Å²) in [7, 11) is 1.62. The van der Waals surface area contributed by atoms with Crippen LogP contribution in [-0.2, 0) is 16.1 Å². The van der Waals surface area contributed by atoms with Gasteiger partial charge in [0.15, 0.2) is 0 Å². The van der Waals surface area contributed by atoms with E-state index in [1.54, 1.807) is 7.11 Å². The molecule has 0 aliphatic carbocycles. The lowest BCUT2D eigenvalue weighted by atomic mass is 9.94. The van der Waals surface area contributed by atoms with Gasteiger partial charge in [-0.3, -0.25) is 14.6 Å². The molecular weight excluding hydrogens is 330 g/mol. The fourth-order valence-corrected chi connectivity index (χ4v) is 3.74. The second-order valence-electron chi connectivity index (χ2n) is 6.43. The molecule has 2 saturated heterocycles. The molecule has 7 heteroatoms. The summed E-state index contributed by atoms with van der Waals surface area (Å²) in [5.74, 6) is 0.430. The summed E-state index contributed by atoms with van der Waals surface area (Å²) in [6.07, 6.45) is 0.691. The third-order valence-corrected chi connectivity index (χ3v) is 5.37. The summed E-state index contributed by atoms with van der Waals surface area (Å²) in [4.78, 5) is 16.5. The fourth-order valence-electron chi connectivity index (χ4n) is 3.55. The second kappa shape index (κ2) is 7.27. The summed E-state index contributed by atoms with van der Waals surface area (Å²) in [6, 6.07) is 5.86. The van der Waals surface area contributed by atoms with Crippen LogP contribution in [0.4, 0.5) is 0 Å². The van der Waals surface area contributed by atoms with E-state index < -0.39 is 5.54 Å². The Balaban J connectivity index is 1.60. The highest BCUT2D eigenvalue weighted by Crippen LogP contribution is 2.28. The van der Waals surface area contributed by atoms with Crippen molar-refractivity contribution in [2.45, 2.75) is 18.5 Å². The number of amides is 1. The first-order chi connectivity index (χ1) is 11.5. The van der Waals surface area contributed by atoms with E-state index in [2.05, 4.69) is 9.80 Å². The SMILES string of the molecule is COc1cc(CN2CCN(C3(C(N)=O)CCOC3)CC2)ccc1Cl. The van der Waals surface area contributed by atoms with Crippen molar-refractivity contribution in [1.82, 2.24) is 9.80 Å². The van der Waals surface area contributed by atoms with Gasteiger partial charge in [0.05, 0.1) is 18.7 Å². The van der Waals surface area contributed by atoms with Gasteiger partial charge >= 0.3 is 0 Å². The third-order valence-electron chi connectivity index (χ3n) is 5.06. The smallest absolute Gasteiger partial charge is 0.240 e. The minimum atomic E-state index is -0.615. The number of carbonyl (C=O) groups is 1. The molecule has 24 heavy (non-hydrogen) atoms. The Kier molecular flexibility index (Phi) is 5.30. The zero-order chi connectivity index (χ0) is 17.2. The van der Waals surface area contributed by atoms with Gasteiger partial charge in [-0.05, 0) is 17.7 Å². The van der Waals surface area contributed by atoms with Crippen molar-refractivity contribution >= 4 is 17.5 Å². The van der Waals surface area contributed by atoms with E-state index in [4.69, 9.17) is 26.8 Å². The van der Waals surface area contributed by atoms with Crippen LogP contribution in [0.1, 0.15) is 12.0 Å². The maximum atomic E-state index is 12.0. The average Bonchev–Trinajstić information content (AvgIpc) is 3.08. The summed E-state index contributed by atoms with van der Waals surface area (Å²) >= 11 is 6.08. The molecule has 2 aliphatic heterocycles. The number of primary amides is 1. The first-order valence-corrected chi connectivity index (χ1v) is 8.60. The largest absolute Gasteiger partial charge is 0.495 e. The number of hydrogen-bond donors (Lipinski definition) is 1. The van der Waals surface area contributed by atoms with Gasteiger partial charge in [-0.25, -0.2) is 0 Å². The highest BCUT2D eigenvalue weighted by atomic mass is 35.5. The van der Waals surface area contributed by atoms with Gasteiger partial charge in [-0.15, -0.1) is 0 Å². The maximum absolute atomic E-state index is 12.0. The molecule has 1 aromatic carbocycles. The van der Waals surface area contributed by atoms with Crippen molar-refractivity contribution in [3.8, 4) is 5.75 Å². The fraction of sp³-hybridized carbons (Fsp3) is 0.588. The van der Waals surface area contributed by atoms with E-state index in [1.807, 2.05) is 18.2 Å². The van der Waals surface area contributed by atoms with Gasteiger partial charge in [0.2, 0.25) is 5.91 Å². The minimum Gasteiger partial charge on any atom is -0.495 e. The molecule has 2 aliphatic rings. The van der Waals surface area contributed by atoms with Crippen LogP contribution >= 0.6 is 11.6 Å². The van der Waals surface area contributed by atoms with Gasteiger partial charge < -0.3 is 15.2 Å². The Morgan fingerprint density at radius 2 is 2.12 bits per heavy atom. The quantitative estimate of drug-likeness (QED) is 0.859. The number of nitrogens with two attached hydrogens (primary N) is 1. The van der Waals surface area contributed by atoms with Crippen LogP contribution in [0.25, 0.3) is 0 Å². The van der Waals surface area contributed by atoms with Gasteiger partial charge in [-0.2, -0.15) is 0 Å². The minimum absolute atomic E-state index is 0.268. The number of benzene rings is 1. The van der Waals surface area contributed by atoms with E-state index in [-0.39, 0.29) is 5.91 Å². The van der Waals surface area contributed by atoms with E-state index in [0.717, 1.165) is 32.7 Å². The molecule has 0 saturated carbocycles. The summed E-state index contributed by atoms with van der Waals surface area (Å²) in [6.45, 7) is 5.26. The summed E-state index contributed by atoms with van der Waals surface area (Å²) in [5.41, 5.74) is 6.22. The molecular formula is C17H24ClN3O3.